The Balaban J connectivity index is 2.34. The maximum absolute atomic E-state index is 11.8. The Morgan fingerprint density at radius 2 is 2.17 bits per heavy atom. The number of aliphatic carboxylic acids is 1. The lowest BCUT2D eigenvalue weighted by atomic mass is 10.2. The van der Waals surface area contributed by atoms with Crippen molar-refractivity contribution in [3.8, 4) is 0 Å². The first kappa shape index (κ1) is 12.9. The van der Waals surface area contributed by atoms with Crippen molar-refractivity contribution in [1.29, 1.82) is 0 Å². The number of carboxylic acid groups (broad SMARTS) is 1. The van der Waals surface area contributed by atoms with E-state index in [9.17, 15) is 13.2 Å². The Kier molecular flexibility index (Phi) is 3.30. The molecule has 0 saturated heterocycles. The van der Waals surface area contributed by atoms with Crippen molar-refractivity contribution < 1.29 is 18.3 Å². The number of hydrogen-bond acceptors (Lipinski definition) is 4. The Bertz CT molecular complexity index is 580. The summed E-state index contributed by atoms with van der Waals surface area (Å²) in [5.41, 5.74) is 1.73. The van der Waals surface area contributed by atoms with Gasteiger partial charge in [-0.15, -0.1) is 0 Å². The lowest BCUT2D eigenvalue weighted by molar-refractivity contribution is -0.135. The molecule has 0 fully saturated rings. The van der Waals surface area contributed by atoms with Gasteiger partial charge in [0, 0.05) is 12.2 Å². The normalized spacial score (nSPS) is 14.6. The summed E-state index contributed by atoms with van der Waals surface area (Å²) in [6.07, 6.45) is 0.690. The minimum Gasteiger partial charge on any atom is -0.480 e. The van der Waals surface area contributed by atoms with Gasteiger partial charge in [0.05, 0.1) is 10.6 Å². The fraction of sp³-hybridized carbons (Fsp3) is 0.417. The van der Waals surface area contributed by atoms with Gasteiger partial charge in [0.25, 0.3) is 0 Å². The van der Waals surface area contributed by atoms with E-state index in [0.29, 0.717) is 17.9 Å². The summed E-state index contributed by atoms with van der Waals surface area (Å²) in [5, 5.41) is 8.78. The molecule has 0 aromatic heterocycles. The van der Waals surface area contributed by atoms with Crippen LogP contribution < -0.4 is 4.90 Å². The van der Waals surface area contributed by atoms with Gasteiger partial charge >= 0.3 is 5.97 Å². The standard InChI is InChI=1S/C12H15NO4S/c1-2-18(16,17)10-3-4-11-9(7-10)5-6-13(11)8-12(14)15/h3-4,7H,2,5-6,8H2,1H3,(H,14,15). The SMILES string of the molecule is CCS(=O)(=O)c1ccc2c(c1)CCN2CC(=O)O. The van der Waals surface area contributed by atoms with E-state index < -0.39 is 15.8 Å². The molecule has 0 spiro atoms. The second-order valence-corrected chi connectivity index (χ2v) is 6.54. The van der Waals surface area contributed by atoms with E-state index in [1.165, 1.54) is 0 Å². The second-order valence-electron chi connectivity index (χ2n) is 4.26. The molecule has 0 unspecified atom stereocenters. The predicted molar refractivity (Wildman–Crippen MR) is 67.7 cm³/mol. The van der Waals surface area contributed by atoms with Gasteiger partial charge in [-0.2, -0.15) is 0 Å². The summed E-state index contributed by atoms with van der Waals surface area (Å²) in [6, 6.07) is 4.92. The van der Waals surface area contributed by atoms with Crippen LogP contribution in [-0.4, -0.2) is 38.3 Å². The fourth-order valence-electron chi connectivity index (χ4n) is 2.13. The smallest absolute Gasteiger partial charge is 0.323 e. The van der Waals surface area contributed by atoms with Crippen LogP contribution >= 0.6 is 0 Å². The first-order valence-electron chi connectivity index (χ1n) is 5.76. The summed E-state index contributed by atoms with van der Waals surface area (Å²) < 4.78 is 23.5. The van der Waals surface area contributed by atoms with Crippen LogP contribution in [0.15, 0.2) is 23.1 Å². The molecule has 98 valence electrons. The molecule has 0 radical (unpaired) electrons. The first-order valence-corrected chi connectivity index (χ1v) is 7.41. The molecule has 0 saturated carbocycles. The zero-order valence-corrected chi connectivity index (χ0v) is 10.9. The summed E-state index contributed by atoms with van der Waals surface area (Å²) >= 11 is 0. The quantitative estimate of drug-likeness (QED) is 0.880. The minimum atomic E-state index is -3.20. The van der Waals surface area contributed by atoms with Gasteiger partial charge in [0.2, 0.25) is 0 Å². The van der Waals surface area contributed by atoms with E-state index in [4.69, 9.17) is 5.11 Å². The van der Waals surface area contributed by atoms with Gasteiger partial charge in [-0.1, -0.05) is 6.92 Å². The van der Waals surface area contributed by atoms with Crippen molar-refractivity contribution in [2.75, 3.05) is 23.7 Å². The van der Waals surface area contributed by atoms with Crippen molar-refractivity contribution in [3.63, 3.8) is 0 Å². The van der Waals surface area contributed by atoms with Crippen molar-refractivity contribution >= 4 is 21.5 Å². The maximum Gasteiger partial charge on any atom is 0.323 e. The topological polar surface area (TPSA) is 74.7 Å². The van der Waals surface area contributed by atoms with Crippen LogP contribution in [0, 0.1) is 0 Å². The Labute approximate surface area is 106 Å². The molecule has 1 aromatic carbocycles. The number of hydrogen-bond donors (Lipinski definition) is 1. The van der Waals surface area contributed by atoms with Crippen molar-refractivity contribution in [2.45, 2.75) is 18.2 Å². The average molecular weight is 269 g/mol. The molecule has 1 N–H and O–H groups in total. The van der Waals surface area contributed by atoms with E-state index in [1.54, 1.807) is 30.0 Å². The Morgan fingerprint density at radius 3 is 2.78 bits per heavy atom. The van der Waals surface area contributed by atoms with Crippen LogP contribution in [0.3, 0.4) is 0 Å². The number of benzene rings is 1. The Morgan fingerprint density at radius 1 is 1.44 bits per heavy atom. The molecule has 6 heteroatoms. The van der Waals surface area contributed by atoms with Crippen LogP contribution in [0.4, 0.5) is 5.69 Å². The highest BCUT2D eigenvalue weighted by Gasteiger charge is 2.23. The van der Waals surface area contributed by atoms with Gasteiger partial charge in [-0.05, 0) is 30.2 Å². The summed E-state index contributed by atoms with van der Waals surface area (Å²) in [6.45, 7) is 2.18. The molecule has 0 amide bonds. The maximum atomic E-state index is 11.8. The van der Waals surface area contributed by atoms with Crippen molar-refractivity contribution in [3.05, 3.63) is 23.8 Å². The third-order valence-electron chi connectivity index (χ3n) is 3.11. The molecule has 5 nitrogen and oxygen atoms in total. The molecule has 18 heavy (non-hydrogen) atoms. The third kappa shape index (κ3) is 2.33. The minimum absolute atomic E-state index is 0.0487. The molecule has 1 heterocycles. The molecule has 1 aromatic rings. The van der Waals surface area contributed by atoms with E-state index >= 15 is 0 Å². The van der Waals surface area contributed by atoms with Crippen LogP contribution in [0.5, 0.6) is 0 Å². The number of rotatable bonds is 4. The average Bonchev–Trinajstić information content (AvgIpc) is 2.71. The van der Waals surface area contributed by atoms with Crippen molar-refractivity contribution in [2.24, 2.45) is 0 Å². The Hall–Kier alpha value is -1.56. The highest BCUT2D eigenvalue weighted by atomic mass is 32.2. The van der Waals surface area contributed by atoms with Crippen LogP contribution in [0.25, 0.3) is 0 Å². The lowest BCUT2D eigenvalue weighted by Gasteiger charge is -2.16. The van der Waals surface area contributed by atoms with Gasteiger partial charge in [0.15, 0.2) is 9.84 Å². The molecule has 2 rings (SSSR count). The molecular weight excluding hydrogens is 254 g/mol. The summed E-state index contributed by atoms with van der Waals surface area (Å²) in [7, 11) is -3.20. The molecule has 0 bridgehead atoms. The fourth-order valence-corrected chi connectivity index (χ4v) is 3.06. The van der Waals surface area contributed by atoms with Gasteiger partial charge in [-0.25, -0.2) is 8.42 Å². The van der Waals surface area contributed by atoms with Crippen LogP contribution in [-0.2, 0) is 21.1 Å². The summed E-state index contributed by atoms with van der Waals surface area (Å²) in [5.74, 6) is -0.807. The van der Waals surface area contributed by atoms with Crippen molar-refractivity contribution in [1.82, 2.24) is 0 Å². The summed E-state index contributed by atoms with van der Waals surface area (Å²) in [4.78, 5) is 12.8. The second kappa shape index (κ2) is 4.61. The molecule has 0 atom stereocenters. The van der Waals surface area contributed by atoms with Gasteiger partial charge in [0.1, 0.15) is 6.54 Å². The molecular formula is C12H15NO4S. The zero-order valence-electron chi connectivity index (χ0n) is 10.1. The number of carboxylic acids is 1. The van der Waals surface area contributed by atoms with E-state index in [1.807, 2.05) is 0 Å². The van der Waals surface area contributed by atoms with E-state index in [2.05, 4.69) is 0 Å². The third-order valence-corrected chi connectivity index (χ3v) is 4.84. The molecule has 0 aliphatic carbocycles. The predicted octanol–water partition coefficient (Wildman–Crippen LogP) is 0.927. The highest BCUT2D eigenvalue weighted by Crippen LogP contribution is 2.30. The largest absolute Gasteiger partial charge is 0.480 e. The number of anilines is 1. The first-order chi connectivity index (χ1) is 8.44. The number of carbonyl (C=O) groups is 1. The van der Waals surface area contributed by atoms with Gasteiger partial charge < -0.3 is 10.0 Å². The molecule has 1 aliphatic rings. The van der Waals surface area contributed by atoms with Crippen LogP contribution in [0.1, 0.15) is 12.5 Å². The molecule has 1 aliphatic heterocycles. The van der Waals surface area contributed by atoms with E-state index in [-0.39, 0.29) is 12.3 Å². The van der Waals surface area contributed by atoms with E-state index in [0.717, 1.165) is 11.3 Å². The van der Waals surface area contributed by atoms with Crippen LogP contribution in [0.2, 0.25) is 0 Å². The number of nitrogens with zero attached hydrogens (tertiary/aromatic N) is 1. The number of sulfone groups is 1. The monoisotopic (exact) mass is 269 g/mol. The van der Waals surface area contributed by atoms with Gasteiger partial charge in [-0.3, -0.25) is 4.79 Å². The zero-order chi connectivity index (χ0) is 13.3. The lowest BCUT2D eigenvalue weighted by Crippen LogP contribution is -2.27. The number of fused-ring (bicyclic) bond motifs is 1. The highest BCUT2D eigenvalue weighted by molar-refractivity contribution is 7.91.